The Balaban J connectivity index is 1.71. The van der Waals surface area contributed by atoms with Crippen molar-refractivity contribution in [2.24, 2.45) is 34.5 Å². The van der Waals surface area contributed by atoms with Crippen LogP contribution in [0.15, 0.2) is 23.8 Å². The lowest BCUT2D eigenvalue weighted by Gasteiger charge is -2.44. The molecule has 1 saturated heterocycles. The van der Waals surface area contributed by atoms with Crippen LogP contribution >= 0.6 is 0 Å². The number of cyclic esters (lactones) is 1. The normalized spacial score (nSPS) is 32.2. The van der Waals surface area contributed by atoms with E-state index in [0.29, 0.717) is 31.1 Å². The molecule has 1 unspecified atom stereocenters. The average Bonchev–Trinajstić information content (AvgIpc) is 2.83. The average molecular weight is 517 g/mol. The van der Waals surface area contributed by atoms with Gasteiger partial charge in [-0.25, -0.2) is 0 Å². The van der Waals surface area contributed by atoms with Crippen molar-refractivity contribution >= 4 is 17.9 Å². The highest BCUT2D eigenvalue weighted by Gasteiger charge is 2.43. The lowest BCUT2D eigenvalue weighted by atomic mass is 9.65. The van der Waals surface area contributed by atoms with Gasteiger partial charge in [-0.2, -0.15) is 0 Å². The summed E-state index contributed by atoms with van der Waals surface area (Å²) in [6.45, 7) is 16.0. The van der Waals surface area contributed by atoms with Crippen LogP contribution in [-0.4, -0.2) is 36.2 Å². The largest absolute Gasteiger partial charge is 0.462 e. The number of rotatable bonds is 9. The molecule has 0 bridgehead atoms. The first-order valence-corrected chi connectivity index (χ1v) is 14.3. The zero-order valence-electron chi connectivity index (χ0n) is 24.2. The molecule has 3 rings (SSSR count). The van der Waals surface area contributed by atoms with E-state index >= 15 is 0 Å². The number of allylic oxidation sites excluding steroid dienone is 3. The third-order valence-corrected chi connectivity index (χ3v) is 9.04. The summed E-state index contributed by atoms with van der Waals surface area (Å²) in [4.78, 5) is 38.0. The van der Waals surface area contributed by atoms with Crippen molar-refractivity contribution in [3.63, 3.8) is 0 Å². The zero-order valence-corrected chi connectivity index (χ0v) is 24.2. The van der Waals surface area contributed by atoms with Crippen molar-refractivity contribution in [3.8, 4) is 0 Å². The summed E-state index contributed by atoms with van der Waals surface area (Å²) in [5.74, 6) is 0.364. The lowest BCUT2D eigenvalue weighted by Crippen LogP contribution is -2.43. The Morgan fingerprint density at radius 1 is 0.973 bits per heavy atom. The molecule has 3 aliphatic rings. The van der Waals surface area contributed by atoms with E-state index in [9.17, 15) is 14.4 Å². The minimum Gasteiger partial charge on any atom is -0.462 e. The molecule has 0 aromatic heterocycles. The van der Waals surface area contributed by atoms with Crippen molar-refractivity contribution < 1.29 is 28.6 Å². The van der Waals surface area contributed by atoms with Crippen LogP contribution in [0.5, 0.6) is 0 Å². The van der Waals surface area contributed by atoms with E-state index in [2.05, 4.69) is 32.1 Å². The Morgan fingerprint density at radius 2 is 1.59 bits per heavy atom. The first kappa shape index (κ1) is 29.4. The van der Waals surface area contributed by atoms with Gasteiger partial charge in [0.25, 0.3) is 0 Å². The predicted octanol–water partition coefficient (Wildman–Crippen LogP) is 6.57. The van der Waals surface area contributed by atoms with Gasteiger partial charge in [0.1, 0.15) is 18.3 Å². The fourth-order valence-electron chi connectivity index (χ4n) is 5.61. The van der Waals surface area contributed by atoms with Crippen LogP contribution in [0.25, 0.3) is 0 Å². The van der Waals surface area contributed by atoms with Gasteiger partial charge in [-0.15, -0.1) is 0 Å². The van der Waals surface area contributed by atoms with E-state index in [4.69, 9.17) is 14.2 Å². The molecule has 1 fully saturated rings. The number of hydrogen-bond donors (Lipinski definition) is 0. The predicted molar refractivity (Wildman–Crippen MR) is 143 cm³/mol. The number of hydrogen-bond acceptors (Lipinski definition) is 6. The van der Waals surface area contributed by atoms with Crippen LogP contribution in [0.1, 0.15) is 100 Å². The van der Waals surface area contributed by atoms with Crippen molar-refractivity contribution in [2.75, 3.05) is 0 Å². The first-order chi connectivity index (χ1) is 17.3. The topological polar surface area (TPSA) is 78.9 Å². The Morgan fingerprint density at radius 3 is 2.22 bits per heavy atom. The van der Waals surface area contributed by atoms with E-state index in [-0.39, 0.29) is 48.4 Å². The van der Waals surface area contributed by atoms with Crippen LogP contribution in [-0.2, 0) is 28.6 Å². The summed E-state index contributed by atoms with van der Waals surface area (Å²) in [5.41, 5.74) is 0.175. The van der Waals surface area contributed by atoms with Gasteiger partial charge in [-0.1, -0.05) is 45.9 Å². The quantitative estimate of drug-likeness (QED) is 0.255. The number of carbonyl (C=O) groups is 3. The van der Waals surface area contributed by atoms with Gasteiger partial charge >= 0.3 is 17.9 Å². The maximum atomic E-state index is 13.0. The maximum Gasteiger partial charge on any atom is 0.311 e. The fraction of sp³-hybridized carbons (Fsp3) is 0.774. The van der Waals surface area contributed by atoms with Crippen LogP contribution in [0.2, 0.25) is 0 Å². The number of fused-ring (bicyclic) bond motifs is 1. The number of carbonyl (C=O) groups excluding carboxylic acids is 3. The van der Waals surface area contributed by atoms with Crippen LogP contribution in [0.4, 0.5) is 0 Å². The Bertz CT molecular complexity index is 913. The first-order valence-electron chi connectivity index (χ1n) is 14.3. The summed E-state index contributed by atoms with van der Waals surface area (Å²) in [7, 11) is 0. The third kappa shape index (κ3) is 7.06. The van der Waals surface area contributed by atoms with Gasteiger partial charge < -0.3 is 14.2 Å². The molecule has 0 aromatic carbocycles. The summed E-state index contributed by atoms with van der Waals surface area (Å²) in [6.07, 6.45) is 10.3. The second-order valence-corrected chi connectivity index (χ2v) is 12.9. The molecule has 7 atom stereocenters. The van der Waals surface area contributed by atoms with Crippen molar-refractivity contribution in [1.82, 2.24) is 0 Å². The second kappa shape index (κ2) is 11.7. The van der Waals surface area contributed by atoms with E-state index in [1.165, 1.54) is 5.57 Å². The molecular formula is C31H48O6. The van der Waals surface area contributed by atoms with Gasteiger partial charge in [0.2, 0.25) is 0 Å². The smallest absolute Gasteiger partial charge is 0.311 e. The highest BCUT2D eigenvalue weighted by molar-refractivity contribution is 5.77. The molecule has 1 heterocycles. The minimum absolute atomic E-state index is 0.114. The molecule has 0 amide bonds. The molecule has 2 aliphatic carbocycles. The minimum atomic E-state index is -0.569. The van der Waals surface area contributed by atoms with Crippen LogP contribution in [0, 0.1) is 34.5 Å². The lowest BCUT2D eigenvalue weighted by molar-refractivity contribution is -0.175. The Kier molecular flexibility index (Phi) is 9.34. The van der Waals surface area contributed by atoms with Gasteiger partial charge in [0, 0.05) is 12.3 Å². The molecule has 0 saturated carbocycles. The van der Waals surface area contributed by atoms with E-state index in [1.807, 2.05) is 41.5 Å². The second-order valence-electron chi connectivity index (χ2n) is 12.9. The molecule has 1 aliphatic heterocycles. The standard InChI is InChI=1S/C31H48O6/c1-9-30(5,6)28(33)36-23-17-22(35-26(32)18-23)13-14-24-20(4)11-12-21-15-19(3)16-25(27(21)24)37-29(34)31(7,8)10-2/h11-12,15,19-20,22-25,27H,9-10,13-14,16-18H2,1-8H3/t19-,20-,22+,23-,24-,25-,27?/m0/s1. The van der Waals surface area contributed by atoms with Crippen molar-refractivity contribution in [1.29, 1.82) is 0 Å². The number of esters is 3. The Hall–Kier alpha value is -2.11. The molecule has 6 heteroatoms. The Labute approximate surface area is 223 Å². The maximum absolute atomic E-state index is 13.0. The van der Waals surface area contributed by atoms with Crippen LogP contribution in [0.3, 0.4) is 0 Å². The molecule has 208 valence electrons. The SMILES string of the molecule is CCC(C)(C)C(=O)O[C@@H]1CC(=O)O[C@H](CC[C@@H]2C3C(=C[C@H](C)C[C@@H]3OC(=O)C(C)(C)CC)C=C[C@@H]2C)C1. The fourth-order valence-corrected chi connectivity index (χ4v) is 5.61. The molecule has 0 aromatic rings. The van der Waals surface area contributed by atoms with Gasteiger partial charge in [-0.05, 0) is 83.1 Å². The highest BCUT2D eigenvalue weighted by atomic mass is 16.6. The zero-order chi connectivity index (χ0) is 27.5. The molecule has 37 heavy (non-hydrogen) atoms. The molecule has 0 spiro atoms. The van der Waals surface area contributed by atoms with Crippen molar-refractivity contribution in [2.45, 2.75) is 119 Å². The highest BCUT2D eigenvalue weighted by Crippen LogP contribution is 2.45. The van der Waals surface area contributed by atoms with Gasteiger partial charge in [-0.3, -0.25) is 14.4 Å². The van der Waals surface area contributed by atoms with Crippen molar-refractivity contribution in [3.05, 3.63) is 23.8 Å². The monoisotopic (exact) mass is 516 g/mol. The van der Waals surface area contributed by atoms with E-state index in [0.717, 1.165) is 19.3 Å². The third-order valence-electron chi connectivity index (χ3n) is 9.04. The van der Waals surface area contributed by atoms with E-state index < -0.39 is 16.9 Å². The number of ether oxygens (including phenoxy) is 3. The van der Waals surface area contributed by atoms with Gasteiger partial charge in [0.05, 0.1) is 17.3 Å². The molecule has 0 N–H and O–H groups in total. The summed E-state index contributed by atoms with van der Waals surface area (Å²) in [5, 5.41) is 0. The molecular weight excluding hydrogens is 468 g/mol. The summed E-state index contributed by atoms with van der Waals surface area (Å²) >= 11 is 0. The van der Waals surface area contributed by atoms with Gasteiger partial charge in [0.15, 0.2) is 0 Å². The molecule has 0 radical (unpaired) electrons. The van der Waals surface area contributed by atoms with Crippen LogP contribution < -0.4 is 0 Å². The molecule has 6 nitrogen and oxygen atoms in total. The summed E-state index contributed by atoms with van der Waals surface area (Å²) < 4.78 is 17.7. The van der Waals surface area contributed by atoms with E-state index in [1.54, 1.807) is 0 Å². The summed E-state index contributed by atoms with van der Waals surface area (Å²) in [6, 6.07) is 0.